The van der Waals surface area contributed by atoms with Crippen molar-refractivity contribution in [2.24, 2.45) is 0 Å². The zero-order chi connectivity index (χ0) is 25.9. The highest BCUT2D eigenvalue weighted by molar-refractivity contribution is 6.12. The lowest BCUT2D eigenvalue weighted by Crippen LogP contribution is -1.96. The van der Waals surface area contributed by atoms with Crippen LogP contribution >= 0.6 is 0 Å². The molecule has 0 aliphatic heterocycles. The Labute approximate surface area is 227 Å². The van der Waals surface area contributed by atoms with E-state index in [0.717, 1.165) is 0 Å². The molecular weight excluding hydrogens is 472 g/mol. The molecule has 0 aliphatic rings. The molecular formula is C37H26N2. The van der Waals surface area contributed by atoms with Gasteiger partial charge in [-0.1, -0.05) is 91.0 Å². The number of benzene rings is 6. The van der Waals surface area contributed by atoms with Crippen molar-refractivity contribution in [1.29, 1.82) is 0 Å². The number of hydrogen-bond donors (Lipinski definition) is 0. The first-order valence-electron chi connectivity index (χ1n) is 13.5. The van der Waals surface area contributed by atoms with Crippen LogP contribution in [-0.2, 0) is 0 Å². The zero-order valence-corrected chi connectivity index (χ0v) is 21.7. The number of aryl methyl sites for hydroxylation is 1. The molecule has 2 aromatic heterocycles. The van der Waals surface area contributed by atoms with Crippen molar-refractivity contribution in [2.75, 3.05) is 0 Å². The molecule has 2 nitrogen and oxygen atoms in total. The van der Waals surface area contributed by atoms with E-state index in [9.17, 15) is 0 Å². The average Bonchev–Trinajstić information content (AvgIpc) is 3.50. The summed E-state index contributed by atoms with van der Waals surface area (Å²) in [7, 11) is 0. The van der Waals surface area contributed by atoms with Crippen molar-refractivity contribution >= 4 is 43.6 Å². The molecule has 0 radical (unpaired) electrons. The summed E-state index contributed by atoms with van der Waals surface area (Å²) in [4.78, 5) is 0. The molecule has 2 heterocycles. The largest absolute Gasteiger partial charge is 0.309 e. The Morgan fingerprint density at radius 3 is 1.74 bits per heavy atom. The molecule has 0 spiro atoms. The van der Waals surface area contributed by atoms with E-state index in [0.29, 0.717) is 0 Å². The minimum atomic E-state index is 1.18. The van der Waals surface area contributed by atoms with Gasteiger partial charge in [0, 0.05) is 32.9 Å². The van der Waals surface area contributed by atoms with E-state index in [1.54, 1.807) is 0 Å². The van der Waals surface area contributed by atoms with Crippen LogP contribution in [0.25, 0.3) is 66.1 Å². The molecule has 0 unspecified atom stereocenters. The van der Waals surface area contributed by atoms with Crippen LogP contribution in [0.1, 0.15) is 5.56 Å². The average molecular weight is 499 g/mol. The number of rotatable bonds is 3. The fraction of sp³-hybridized carbons (Fsp3) is 0.0270. The quantitative estimate of drug-likeness (QED) is 0.229. The number of fused-ring (bicyclic) bond motifs is 6. The van der Waals surface area contributed by atoms with Crippen LogP contribution < -0.4 is 0 Å². The molecule has 0 fully saturated rings. The summed E-state index contributed by atoms with van der Waals surface area (Å²) >= 11 is 0. The number of para-hydroxylation sites is 4. The first-order chi connectivity index (χ1) is 19.3. The Bertz CT molecular complexity index is 2180. The van der Waals surface area contributed by atoms with E-state index < -0.39 is 0 Å². The van der Waals surface area contributed by atoms with Gasteiger partial charge in [0.1, 0.15) is 0 Å². The van der Waals surface area contributed by atoms with Crippen LogP contribution in [0.2, 0.25) is 0 Å². The molecule has 8 rings (SSSR count). The van der Waals surface area contributed by atoms with Crippen molar-refractivity contribution in [1.82, 2.24) is 9.13 Å². The maximum Gasteiger partial charge on any atom is 0.0547 e. The predicted octanol–water partition coefficient (Wildman–Crippen LogP) is 9.86. The molecule has 0 N–H and O–H groups in total. The van der Waals surface area contributed by atoms with Crippen LogP contribution in [0, 0.1) is 6.92 Å². The summed E-state index contributed by atoms with van der Waals surface area (Å²) < 4.78 is 4.79. The molecule has 0 amide bonds. The molecule has 2 heteroatoms. The topological polar surface area (TPSA) is 9.86 Å². The number of nitrogens with zero attached hydrogens (tertiary/aromatic N) is 2. The first-order valence-corrected chi connectivity index (χ1v) is 13.5. The maximum absolute atomic E-state index is 2.42. The fourth-order valence-electron chi connectivity index (χ4n) is 6.23. The smallest absolute Gasteiger partial charge is 0.0547 e. The zero-order valence-electron chi connectivity index (χ0n) is 21.7. The third-order valence-corrected chi connectivity index (χ3v) is 8.05. The lowest BCUT2D eigenvalue weighted by atomic mass is 10.0. The van der Waals surface area contributed by atoms with Gasteiger partial charge in [0.2, 0.25) is 0 Å². The van der Waals surface area contributed by atoms with E-state index in [-0.39, 0.29) is 0 Å². The molecule has 184 valence electrons. The van der Waals surface area contributed by atoms with Crippen molar-refractivity contribution < 1.29 is 0 Å². The van der Waals surface area contributed by atoms with Crippen LogP contribution in [0.3, 0.4) is 0 Å². The monoisotopic (exact) mass is 498 g/mol. The molecule has 6 aromatic carbocycles. The summed E-state index contributed by atoms with van der Waals surface area (Å²) in [6, 6.07) is 50.6. The Kier molecular flexibility index (Phi) is 4.77. The minimum Gasteiger partial charge on any atom is -0.309 e. The molecule has 0 saturated heterocycles. The highest BCUT2D eigenvalue weighted by Crippen LogP contribution is 2.38. The Morgan fingerprint density at radius 2 is 0.949 bits per heavy atom. The van der Waals surface area contributed by atoms with Gasteiger partial charge < -0.3 is 9.13 Å². The second-order valence-corrected chi connectivity index (χ2v) is 10.3. The standard InChI is InChI=1S/C37H26N2/c1-25-11-5-8-16-33(25)39-35-18-10-6-14-29(35)31-21-19-27(24-37(31)39)26-20-22-36-32(23-26)30-15-7-9-17-34(30)38(36)28-12-3-2-4-13-28/h2-24H,1H3. The van der Waals surface area contributed by atoms with E-state index in [1.165, 1.54) is 71.7 Å². The second-order valence-electron chi connectivity index (χ2n) is 10.3. The third-order valence-electron chi connectivity index (χ3n) is 8.05. The van der Waals surface area contributed by atoms with Crippen molar-refractivity contribution in [3.63, 3.8) is 0 Å². The number of aromatic nitrogens is 2. The normalized spacial score (nSPS) is 11.7. The summed E-state index contributed by atoms with van der Waals surface area (Å²) in [5, 5.41) is 5.10. The maximum atomic E-state index is 2.42. The van der Waals surface area contributed by atoms with E-state index in [2.05, 4.69) is 156 Å². The highest BCUT2D eigenvalue weighted by Gasteiger charge is 2.16. The molecule has 0 saturated carbocycles. The predicted molar refractivity (Wildman–Crippen MR) is 165 cm³/mol. The van der Waals surface area contributed by atoms with Crippen LogP contribution in [0.15, 0.2) is 140 Å². The van der Waals surface area contributed by atoms with Gasteiger partial charge in [0.15, 0.2) is 0 Å². The van der Waals surface area contributed by atoms with Crippen molar-refractivity contribution in [2.45, 2.75) is 6.92 Å². The highest BCUT2D eigenvalue weighted by atomic mass is 15.0. The van der Waals surface area contributed by atoms with Gasteiger partial charge >= 0.3 is 0 Å². The van der Waals surface area contributed by atoms with E-state index in [1.807, 2.05) is 0 Å². The Balaban J connectivity index is 1.39. The summed E-state index contributed by atoms with van der Waals surface area (Å²) in [6.45, 7) is 2.19. The van der Waals surface area contributed by atoms with Gasteiger partial charge in [-0.05, 0) is 72.1 Å². The molecule has 0 atom stereocenters. The second kappa shape index (κ2) is 8.47. The minimum absolute atomic E-state index is 1.18. The number of hydrogen-bond acceptors (Lipinski definition) is 0. The van der Waals surface area contributed by atoms with Gasteiger partial charge in [0.25, 0.3) is 0 Å². The van der Waals surface area contributed by atoms with Gasteiger partial charge in [-0.25, -0.2) is 0 Å². The summed E-state index contributed by atoms with van der Waals surface area (Å²) in [6.07, 6.45) is 0. The van der Waals surface area contributed by atoms with Crippen LogP contribution in [-0.4, -0.2) is 9.13 Å². The first kappa shape index (κ1) is 22.0. The van der Waals surface area contributed by atoms with E-state index >= 15 is 0 Å². The summed E-state index contributed by atoms with van der Waals surface area (Å²) in [5.74, 6) is 0. The van der Waals surface area contributed by atoms with Crippen molar-refractivity contribution in [3.8, 4) is 22.5 Å². The van der Waals surface area contributed by atoms with E-state index in [4.69, 9.17) is 0 Å². The Morgan fingerprint density at radius 1 is 0.385 bits per heavy atom. The molecule has 8 aromatic rings. The van der Waals surface area contributed by atoms with Gasteiger partial charge in [-0.3, -0.25) is 0 Å². The SMILES string of the molecule is Cc1ccccc1-n1c2ccccc2c2ccc(-c3ccc4c(c3)c3ccccc3n4-c3ccccc3)cc21. The van der Waals surface area contributed by atoms with Crippen LogP contribution in [0.4, 0.5) is 0 Å². The van der Waals surface area contributed by atoms with Crippen molar-refractivity contribution in [3.05, 3.63) is 145 Å². The molecule has 0 aliphatic carbocycles. The molecule has 0 bridgehead atoms. The van der Waals surface area contributed by atoms with Gasteiger partial charge in [0.05, 0.1) is 22.1 Å². The fourth-order valence-corrected chi connectivity index (χ4v) is 6.23. The lowest BCUT2D eigenvalue weighted by Gasteiger charge is -2.12. The summed E-state index contributed by atoms with van der Waals surface area (Å²) in [5.41, 5.74) is 11.0. The third kappa shape index (κ3) is 3.28. The van der Waals surface area contributed by atoms with Crippen LogP contribution in [0.5, 0.6) is 0 Å². The lowest BCUT2D eigenvalue weighted by molar-refractivity contribution is 1.15. The molecule has 39 heavy (non-hydrogen) atoms. The van der Waals surface area contributed by atoms with Gasteiger partial charge in [-0.2, -0.15) is 0 Å². The van der Waals surface area contributed by atoms with Gasteiger partial charge in [-0.15, -0.1) is 0 Å². The Hall–Kier alpha value is -5.08.